The number of unbranched alkanes of at least 4 members (excludes halogenated alkanes) is 4. The molecule has 0 saturated heterocycles. The van der Waals surface area contributed by atoms with Crippen LogP contribution >= 0.6 is 0 Å². The van der Waals surface area contributed by atoms with Crippen LogP contribution in [0.25, 0.3) is 0 Å². The van der Waals surface area contributed by atoms with Gasteiger partial charge >= 0.3 is 0 Å². The van der Waals surface area contributed by atoms with E-state index in [1.807, 2.05) is 0 Å². The van der Waals surface area contributed by atoms with E-state index in [-0.39, 0.29) is 0 Å². The molecule has 0 nitrogen and oxygen atoms in total. The zero-order chi connectivity index (χ0) is 11.5. The minimum atomic E-state index is 0.754. The van der Waals surface area contributed by atoms with Gasteiger partial charge in [0, 0.05) is 0 Å². The Morgan fingerprint density at radius 1 is 0.750 bits per heavy atom. The van der Waals surface area contributed by atoms with E-state index >= 15 is 0 Å². The number of hydrogen-bond acceptors (Lipinski definition) is 0. The Morgan fingerprint density at radius 2 is 1.31 bits per heavy atom. The summed E-state index contributed by atoms with van der Waals surface area (Å²) in [5.74, 6) is 0. The Kier molecular flexibility index (Phi) is 3.97. The molecule has 0 aliphatic heterocycles. The normalized spacial score (nSPS) is 37.9. The Hall–Kier alpha value is 0. The first kappa shape index (κ1) is 12.5. The van der Waals surface area contributed by atoms with Crippen molar-refractivity contribution in [3.8, 4) is 0 Å². The average molecular weight is 222 g/mol. The average Bonchev–Trinajstić information content (AvgIpc) is 2.31. The number of hydrogen-bond donors (Lipinski definition) is 0. The number of fused-ring (bicyclic) bond motifs is 3. The van der Waals surface area contributed by atoms with Gasteiger partial charge in [0.2, 0.25) is 0 Å². The first-order valence-corrected chi connectivity index (χ1v) is 7.68. The molecule has 0 radical (unpaired) electrons. The topological polar surface area (TPSA) is 0 Å². The summed E-state index contributed by atoms with van der Waals surface area (Å²) in [7, 11) is 0. The van der Waals surface area contributed by atoms with Crippen LogP contribution < -0.4 is 0 Å². The molecular weight excluding hydrogens is 192 g/mol. The lowest BCUT2D eigenvalue weighted by atomic mass is 9.53. The summed E-state index contributed by atoms with van der Waals surface area (Å²) in [5.41, 5.74) is 1.56. The minimum Gasteiger partial charge on any atom is -0.0654 e. The summed E-state index contributed by atoms with van der Waals surface area (Å²) in [5, 5.41) is 0. The third-order valence-corrected chi connectivity index (χ3v) is 5.59. The van der Waals surface area contributed by atoms with Crippen molar-refractivity contribution in [1.29, 1.82) is 0 Å². The van der Waals surface area contributed by atoms with Gasteiger partial charge in [0.15, 0.2) is 0 Å². The van der Waals surface area contributed by atoms with Gasteiger partial charge in [-0.1, -0.05) is 46.0 Å². The monoisotopic (exact) mass is 222 g/mol. The molecule has 0 unspecified atom stereocenters. The maximum Gasteiger partial charge on any atom is -0.0297 e. The second-order valence-corrected chi connectivity index (χ2v) is 6.97. The van der Waals surface area contributed by atoms with Gasteiger partial charge in [-0.25, -0.2) is 0 Å². The Bertz CT molecular complexity index is 192. The van der Waals surface area contributed by atoms with Gasteiger partial charge in [-0.3, -0.25) is 0 Å². The maximum atomic E-state index is 2.53. The lowest BCUT2D eigenvalue weighted by molar-refractivity contribution is -0.00412. The molecule has 0 amide bonds. The number of rotatable bonds is 6. The lowest BCUT2D eigenvalue weighted by Crippen LogP contribution is -2.39. The van der Waals surface area contributed by atoms with E-state index in [1.165, 1.54) is 51.4 Å². The van der Waals surface area contributed by atoms with Gasteiger partial charge in [0.05, 0.1) is 0 Å². The molecule has 3 fully saturated rings. The molecule has 0 N–H and O–H groups in total. The van der Waals surface area contributed by atoms with Gasteiger partial charge in [0.25, 0.3) is 0 Å². The molecule has 0 aromatic heterocycles. The van der Waals surface area contributed by atoms with Crippen LogP contribution in [0.2, 0.25) is 0 Å². The second-order valence-electron chi connectivity index (χ2n) is 6.97. The predicted octanol–water partition coefficient (Wildman–Crippen LogP) is 5.71. The largest absolute Gasteiger partial charge is 0.0654 e. The molecule has 3 aliphatic rings. The molecule has 3 rings (SSSR count). The van der Waals surface area contributed by atoms with Gasteiger partial charge in [0.1, 0.15) is 0 Å². The van der Waals surface area contributed by atoms with Crippen LogP contribution in [0.5, 0.6) is 0 Å². The molecule has 0 atom stereocenters. The van der Waals surface area contributed by atoms with Gasteiger partial charge in [-0.2, -0.15) is 0 Å². The third kappa shape index (κ3) is 2.81. The van der Waals surface area contributed by atoms with Crippen LogP contribution in [0.15, 0.2) is 0 Å². The van der Waals surface area contributed by atoms with Gasteiger partial charge in [-0.05, 0) is 55.8 Å². The van der Waals surface area contributed by atoms with E-state index in [2.05, 4.69) is 13.8 Å². The maximum absolute atomic E-state index is 2.53. The van der Waals surface area contributed by atoms with E-state index < -0.39 is 0 Å². The van der Waals surface area contributed by atoms with Crippen molar-refractivity contribution >= 4 is 0 Å². The zero-order valence-corrected chi connectivity index (χ0v) is 11.5. The van der Waals surface area contributed by atoms with Crippen molar-refractivity contribution in [2.75, 3.05) is 0 Å². The van der Waals surface area contributed by atoms with Crippen LogP contribution in [-0.4, -0.2) is 0 Å². The predicted molar refractivity (Wildman–Crippen MR) is 71.6 cm³/mol. The molecule has 0 heterocycles. The molecule has 94 valence electrons. The van der Waals surface area contributed by atoms with Crippen molar-refractivity contribution < 1.29 is 0 Å². The van der Waals surface area contributed by atoms with Crippen molar-refractivity contribution in [1.82, 2.24) is 0 Å². The van der Waals surface area contributed by atoms with E-state index in [0.717, 1.165) is 10.8 Å². The molecule has 0 spiro atoms. The van der Waals surface area contributed by atoms with E-state index in [4.69, 9.17) is 0 Å². The van der Waals surface area contributed by atoms with Crippen LogP contribution in [0.1, 0.15) is 90.9 Å². The Balaban J connectivity index is 1.69. The van der Waals surface area contributed by atoms with Gasteiger partial charge < -0.3 is 0 Å². The Labute approximate surface area is 102 Å². The second kappa shape index (κ2) is 5.10. The quantitative estimate of drug-likeness (QED) is 0.505. The third-order valence-electron chi connectivity index (χ3n) is 5.59. The van der Waals surface area contributed by atoms with Crippen molar-refractivity contribution in [2.24, 2.45) is 10.8 Å². The highest BCUT2D eigenvalue weighted by Crippen LogP contribution is 2.58. The highest BCUT2D eigenvalue weighted by molar-refractivity contribution is 4.97. The first-order valence-electron chi connectivity index (χ1n) is 7.68. The summed E-state index contributed by atoms with van der Waals surface area (Å²) < 4.78 is 0. The molecule has 3 aliphatic carbocycles. The highest BCUT2D eigenvalue weighted by Gasteiger charge is 2.45. The zero-order valence-electron chi connectivity index (χ0n) is 11.5. The van der Waals surface area contributed by atoms with Gasteiger partial charge in [-0.15, -0.1) is 0 Å². The molecule has 0 aromatic carbocycles. The van der Waals surface area contributed by atoms with Crippen molar-refractivity contribution in [2.45, 2.75) is 90.9 Å². The fourth-order valence-corrected chi connectivity index (χ4v) is 3.93. The van der Waals surface area contributed by atoms with E-state index in [1.54, 1.807) is 25.7 Å². The lowest BCUT2D eigenvalue weighted by Gasteiger charge is -2.52. The first-order chi connectivity index (χ1) is 7.68. The molecule has 0 heteroatoms. The minimum absolute atomic E-state index is 0.754. The summed E-state index contributed by atoms with van der Waals surface area (Å²) >= 11 is 0. The van der Waals surface area contributed by atoms with E-state index in [9.17, 15) is 0 Å². The van der Waals surface area contributed by atoms with Crippen LogP contribution in [0, 0.1) is 10.8 Å². The fraction of sp³-hybridized carbons (Fsp3) is 1.00. The van der Waals surface area contributed by atoms with Crippen molar-refractivity contribution in [3.05, 3.63) is 0 Å². The summed E-state index contributed by atoms with van der Waals surface area (Å²) in [6.07, 6.45) is 18.1. The molecule has 16 heavy (non-hydrogen) atoms. The molecule has 0 aromatic rings. The van der Waals surface area contributed by atoms with Crippen LogP contribution in [0.4, 0.5) is 0 Å². The Morgan fingerprint density at radius 3 is 1.88 bits per heavy atom. The molecule has 3 saturated carbocycles. The van der Waals surface area contributed by atoms with E-state index in [0.29, 0.717) is 0 Å². The summed E-state index contributed by atoms with van der Waals surface area (Å²) in [6.45, 7) is 4.83. The van der Waals surface area contributed by atoms with Crippen molar-refractivity contribution in [3.63, 3.8) is 0 Å². The summed E-state index contributed by atoms with van der Waals surface area (Å²) in [4.78, 5) is 0. The highest BCUT2D eigenvalue weighted by atomic mass is 14.5. The smallest absolute Gasteiger partial charge is 0.0297 e. The van der Waals surface area contributed by atoms with Crippen LogP contribution in [-0.2, 0) is 0 Å². The fourth-order valence-electron chi connectivity index (χ4n) is 3.93. The summed E-state index contributed by atoms with van der Waals surface area (Å²) in [6, 6.07) is 0. The standard InChI is InChI=1S/C16H30/c1-3-4-5-6-7-8-16-12-9-15(2,10-13-16)11-14-16/h3-14H2,1-2H3. The molecule has 2 bridgehead atoms. The molecular formula is C16H30. The SMILES string of the molecule is CCCCCCCC12CCC(C)(CC1)CC2. The van der Waals surface area contributed by atoms with Crippen LogP contribution in [0.3, 0.4) is 0 Å².